The lowest BCUT2D eigenvalue weighted by Gasteiger charge is -2.25. The highest BCUT2D eigenvalue weighted by Crippen LogP contribution is 2.37. The zero-order chi connectivity index (χ0) is 12.6. The lowest BCUT2D eigenvalue weighted by atomic mass is 9.81. The summed E-state index contributed by atoms with van der Waals surface area (Å²) in [6.45, 7) is 15.5. The van der Waals surface area contributed by atoms with Crippen molar-refractivity contribution in [3.05, 3.63) is 27.8 Å². The Balaban J connectivity index is 3.69. The molecule has 1 heteroatoms. The standard InChI is InChI=1S/C15H25N/c1-8(2)13-10(5)11(6)15(16)12(7)14(13)9(3)4/h8-9H,16H2,1-7H3. The quantitative estimate of drug-likeness (QED) is 0.731. The number of benzene rings is 1. The Bertz CT molecular complexity index is 362. The third kappa shape index (κ3) is 1.95. The summed E-state index contributed by atoms with van der Waals surface area (Å²) in [5, 5.41) is 0. The first-order chi connectivity index (χ1) is 7.29. The van der Waals surface area contributed by atoms with Crippen molar-refractivity contribution in [1.29, 1.82) is 0 Å². The van der Waals surface area contributed by atoms with E-state index in [0.717, 1.165) is 5.69 Å². The molecule has 0 aliphatic carbocycles. The predicted molar refractivity (Wildman–Crippen MR) is 73.2 cm³/mol. The lowest BCUT2D eigenvalue weighted by molar-refractivity contribution is 0.775. The lowest BCUT2D eigenvalue weighted by Crippen LogP contribution is -2.09. The van der Waals surface area contributed by atoms with Crippen LogP contribution in [0.1, 0.15) is 67.3 Å². The smallest absolute Gasteiger partial charge is 0.0379 e. The highest BCUT2D eigenvalue weighted by atomic mass is 14.6. The predicted octanol–water partition coefficient (Wildman–Crippen LogP) is 4.44. The highest BCUT2D eigenvalue weighted by molar-refractivity contribution is 5.63. The summed E-state index contributed by atoms with van der Waals surface area (Å²) < 4.78 is 0. The van der Waals surface area contributed by atoms with Crippen molar-refractivity contribution in [2.45, 2.75) is 60.3 Å². The molecule has 0 amide bonds. The van der Waals surface area contributed by atoms with Crippen molar-refractivity contribution in [3.63, 3.8) is 0 Å². The zero-order valence-electron chi connectivity index (χ0n) is 11.7. The Hall–Kier alpha value is -0.980. The molecule has 1 rings (SSSR count). The summed E-state index contributed by atoms with van der Waals surface area (Å²) in [5.41, 5.74) is 14.0. The molecule has 0 aliphatic heterocycles. The number of nitrogens with two attached hydrogens (primary N) is 1. The summed E-state index contributed by atoms with van der Waals surface area (Å²) >= 11 is 0. The van der Waals surface area contributed by atoms with Gasteiger partial charge in [0.15, 0.2) is 0 Å². The van der Waals surface area contributed by atoms with Crippen LogP contribution in [0.3, 0.4) is 0 Å². The van der Waals surface area contributed by atoms with Gasteiger partial charge >= 0.3 is 0 Å². The first-order valence-corrected chi connectivity index (χ1v) is 6.18. The van der Waals surface area contributed by atoms with E-state index < -0.39 is 0 Å². The van der Waals surface area contributed by atoms with Crippen molar-refractivity contribution in [2.75, 3.05) is 5.73 Å². The van der Waals surface area contributed by atoms with Crippen LogP contribution in [0.4, 0.5) is 5.69 Å². The first-order valence-electron chi connectivity index (χ1n) is 6.18. The molecule has 0 aliphatic rings. The van der Waals surface area contributed by atoms with Gasteiger partial charge in [0.1, 0.15) is 0 Å². The number of anilines is 1. The molecule has 0 aromatic heterocycles. The summed E-state index contributed by atoms with van der Waals surface area (Å²) in [6, 6.07) is 0. The molecule has 0 saturated carbocycles. The summed E-state index contributed by atoms with van der Waals surface area (Å²) in [7, 11) is 0. The molecule has 0 atom stereocenters. The van der Waals surface area contributed by atoms with Gasteiger partial charge in [-0.1, -0.05) is 27.7 Å². The van der Waals surface area contributed by atoms with Gasteiger partial charge in [0.05, 0.1) is 0 Å². The van der Waals surface area contributed by atoms with E-state index in [4.69, 9.17) is 5.73 Å². The van der Waals surface area contributed by atoms with Crippen molar-refractivity contribution in [1.82, 2.24) is 0 Å². The van der Waals surface area contributed by atoms with Crippen molar-refractivity contribution >= 4 is 5.69 Å². The van der Waals surface area contributed by atoms with Gasteiger partial charge in [-0.3, -0.25) is 0 Å². The van der Waals surface area contributed by atoms with Crippen LogP contribution < -0.4 is 5.73 Å². The van der Waals surface area contributed by atoms with E-state index in [9.17, 15) is 0 Å². The zero-order valence-corrected chi connectivity index (χ0v) is 11.7. The SMILES string of the molecule is Cc1c(C)c(C(C)C)c(C(C)C)c(C)c1N. The molecule has 0 radical (unpaired) electrons. The minimum absolute atomic E-state index is 0.541. The van der Waals surface area contributed by atoms with Crippen LogP contribution in [0.15, 0.2) is 0 Å². The Morgan fingerprint density at radius 1 is 0.688 bits per heavy atom. The van der Waals surface area contributed by atoms with E-state index in [1.807, 2.05) is 0 Å². The number of hydrogen-bond donors (Lipinski definition) is 1. The first kappa shape index (κ1) is 13.1. The second-order valence-electron chi connectivity index (χ2n) is 5.43. The van der Waals surface area contributed by atoms with E-state index in [1.165, 1.54) is 27.8 Å². The van der Waals surface area contributed by atoms with E-state index in [2.05, 4.69) is 48.5 Å². The van der Waals surface area contributed by atoms with Crippen LogP contribution in [-0.4, -0.2) is 0 Å². The van der Waals surface area contributed by atoms with Crippen molar-refractivity contribution < 1.29 is 0 Å². The maximum Gasteiger partial charge on any atom is 0.0379 e. The molecule has 0 unspecified atom stereocenters. The monoisotopic (exact) mass is 219 g/mol. The largest absolute Gasteiger partial charge is 0.398 e. The molecule has 0 spiro atoms. The summed E-state index contributed by atoms with van der Waals surface area (Å²) in [6.07, 6.45) is 0. The van der Waals surface area contributed by atoms with Gasteiger partial charge in [0.2, 0.25) is 0 Å². The van der Waals surface area contributed by atoms with Crippen LogP contribution in [0.25, 0.3) is 0 Å². The number of hydrogen-bond acceptors (Lipinski definition) is 1. The Kier molecular flexibility index (Phi) is 3.67. The molecule has 2 N–H and O–H groups in total. The van der Waals surface area contributed by atoms with Crippen LogP contribution in [0.2, 0.25) is 0 Å². The Labute approximate surface area is 100 Å². The molecule has 90 valence electrons. The summed E-state index contributed by atoms with van der Waals surface area (Å²) in [5.74, 6) is 1.11. The fraction of sp³-hybridized carbons (Fsp3) is 0.600. The normalized spacial score (nSPS) is 11.6. The van der Waals surface area contributed by atoms with E-state index in [-0.39, 0.29) is 0 Å². The minimum atomic E-state index is 0.541. The summed E-state index contributed by atoms with van der Waals surface area (Å²) in [4.78, 5) is 0. The molecule has 1 aromatic carbocycles. The Morgan fingerprint density at radius 2 is 1.06 bits per heavy atom. The number of rotatable bonds is 2. The maximum absolute atomic E-state index is 6.19. The van der Waals surface area contributed by atoms with Crippen LogP contribution in [0, 0.1) is 20.8 Å². The van der Waals surface area contributed by atoms with Gasteiger partial charge < -0.3 is 5.73 Å². The van der Waals surface area contributed by atoms with Gasteiger partial charge in [-0.15, -0.1) is 0 Å². The molecule has 0 bridgehead atoms. The van der Waals surface area contributed by atoms with Gasteiger partial charge in [-0.05, 0) is 60.4 Å². The second-order valence-corrected chi connectivity index (χ2v) is 5.43. The molecule has 0 saturated heterocycles. The Morgan fingerprint density at radius 3 is 1.44 bits per heavy atom. The van der Waals surface area contributed by atoms with Crippen molar-refractivity contribution in [3.8, 4) is 0 Å². The van der Waals surface area contributed by atoms with E-state index in [1.54, 1.807) is 0 Å². The van der Waals surface area contributed by atoms with Gasteiger partial charge in [-0.2, -0.15) is 0 Å². The maximum atomic E-state index is 6.19. The van der Waals surface area contributed by atoms with E-state index >= 15 is 0 Å². The average molecular weight is 219 g/mol. The molecule has 1 nitrogen and oxygen atoms in total. The second kappa shape index (κ2) is 4.48. The van der Waals surface area contributed by atoms with Crippen LogP contribution in [0.5, 0.6) is 0 Å². The highest BCUT2D eigenvalue weighted by Gasteiger charge is 2.19. The van der Waals surface area contributed by atoms with Gasteiger partial charge in [0, 0.05) is 5.69 Å². The minimum Gasteiger partial charge on any atom is -0.398 e. The molecular formula is C15H25N. The van der Waals surface area contributed by atoms with Gasteiger partial charge in [-0.25, -0.2) is 0 Å². The molecule has 0 heterocycles. The van der Waals surface area contributed by atoms with Crippen molar-refractivity contribution in [2.24, 2.45) is 0 Å². The van der Waals surface area contributed by atoms with Crippen LogP contribution >= 0.6 is 0 Å². The molecule has 0 fully saturated rings. The average Bonchev–Trinajstić information content (AvgIpc) is 2.18. The molecule has 1 aromatic rings. The molecule has 16 heavy (non-hydrogen) atoms. The molecular weight excluding hydrogens is 194 g/mol. The third-order valence-corrected chi connectivity index (χ3v) is 3.62. The fourth-order valence-electron chi connectivity index (χ4n) is 2.72. The number of nitrogen functional groups attached to an aromatic ring is 1. The van der Waals surface area contributed by atoms with Crippen LogP contribution in [-0.2, 0) is 0 Å². The fourth-order valence-corrected chi connectivity index (χ4v) is 2.72. The topological polar surface area (TPSA) is 26.0 Å². The van der Waals surface area contributed by atoms with Gasteiger partial charge in [0.25, 0.3) is 0 Å². The third-order valence-electron chi connectivity index (χ3n) is 3.62. The van der Waals surface area contributed by atoms with E-state index in [0.29, 0.717) is 11.8 Å².